The van der Waals surface area contributed by atoms with E-state index in [0.717, 1.165) is 6.42 Å². The summed E-state index contributed by atoms with van der Waals surface area (Å²) in [5, 5.41) is 14.2. The molecule has 21 heavy (non-hydrogen) atoms. The molecule has 0 saturated heterocycles. The molecule has 1 N–H and O–H groups in total. The summed E-state index contributed by atoms with van der Waals surface area (Å²) >= 11 is 0. The molecule has 0 spiro atoms. The Morgan fingerprint density at radius 1 is 1.29 bits per heavy atom. The van der Waals surface area contributed by atoms with Gasteiger partial charge in [-0.15, -0.1) is 0 Å². The van der Waals surface area contributed by atoms with Crippen LogP contribution in [0.1, 0.15) is 30.4 Å². The Morgan fingerprint density at radius 2 is 2.00 bits per heavy atom. The van der Waals surface area contributed by atoms with Gasteiger partial charge in [0.15, 0.2) is 0 Å². The third-order valence-electron chi connectivity index (χ3n) is 3.55. The molecule has 0 radical (unpaired) electrons. The third-order valence-corrected chi connectivity index (χ3v) is 3.55. The zero-order valence-corrected chi connectivity index (χ0v) is 12.2. The van der Waals surface area contributed by atoms with E-state index in [1.165, 1.54) is 5.56 Å². The van der Waals surface area contributed by atoms with E-state index in [1.807, 2.05) is 18.2 Å². The summed E-state index contributed by atoms with van der Waals surface area (Å²) in [4.78, 5) is 14.8. The van der Waals surface area contributed by atoms with Gasteiger partial charge in [0.2, 0.25) is 5.82 Å². The Balaban J connectivity index is 1.98. The highest BCUT2D eigenvalue weighted by Gasteiger charge is 2.18. The van der Waals surface area contributed by atoms with Gasteiger partial charge in [-0.25, -0.2) is 4.98 Å². The lowest BCUT2D eigenvalue weighted by Gasteiger charge is -2.13. The first-order valence-corrected chi connectivity index (χ1v) is 6.98. The number of hydrogen-bond donors (Lipinski definition) is 1. The van der Waals surface area contributed by atoms with Crippen LogP contribution in [-0.2, 0) is 0 Å². The predicted octanol–water partition coefficient (Wildman–Crippen LogP) is 3.90. The number of benzene rings is 1. The highest BCUT2D eigenvalue weighted by Crippen LogP contribution is 2.26. The third kappa shape index (κ3) is 3.78. The van der Waals surface area contributed by atoms with Crippen LogP contribution in [0.15, 0.2) is 42.6 Å². The Labute approximate surface area is 124 Å². The number of aryl methyl sites for hydroxylation is 1. The minimum Gasteiger partial charge on any atom is -0.364 e. The van der Waals surface area contributed by atoms with Crippen molar-refractivity contribution in [2.24, 2.45) is 0 Å². The van der Waals surface area contributed by atoms with Crippen molar-refractivity contribution in [1.29, 1.82) is 0 Å². The highest BCUT2D eigenvalue weighted by molar-refractivity contribution is 5.59. The summed E-state index contributed by atoms with van der Waals surface area (Å²) in [6.07, 6.45) is 2.47. The van der Waals surface area contributed by atoms with E-state index in [1.54, 1.807) is 19.2 Å². The lowest BCUT2D eigenvalue weighted by Crippen LogP contribution is -2.09. The monoisotopic (exact) mass is 285 g/mol. The molecular weight excluding hydrogens is 266 g/mol. The van der Waals surface area contributed by atoms with E-state index in [2.05, 4.69) is 29.4 Å². The summed E-state index contributed by atoms with van der Waals surface area (Å²) in [6.45, 7) is 4.51. The standard InChI is InChI=1S/C16H19N3O2/c1-12(14-6-4-3-5-7-14)8-10-17-16-15(19(20)21)13(2)9-11-18-16/h3-7,9,11-12H,8,10H2,1-2H3,(H,17,18). The molecule has 2 aromatic rings. The lowest BCUT2D eigenvalue weighted by atomic mass is 9.98. The number of nitro groups is 1. The van der Waals surface area contributed by atoms with Crippen LogP contribution in [0.4, 0.5) is 11.5 Å². The average Bonchev–Trinajstić information content (AvgIpc) is 2.47. The molecule has 1 aromatic heterocycles. The zero-order valence-electron chi connectivity index (χ0n) is 12.2. The van der Waals surface area contributed by atoms with Crippen LogP contribution in [0.5, 0.6) is 0 Å². The van der Waals surface area contributed by atoms with Crippen LogP contribution >= 0.6 is 0 Å². The van der Waals surface area contributed by atoms with Crippen molar-refractivity contribution >= 4 is 11.5 Å². The molecule has 0 saturated carbocycles. The normalized spacial score (nSPS) is 11.9. The Bertz CT molecular complexity index is 614. The van der Waals surface area contributed by atoms with Gasteiger partial charge < -0.3 is 5.32 Å². The van der Waals surface area contributed by atoms with Crippen molar-refractivity contribution in [3.05, 3.63) is 63.8 Å². The molecular formula is C16H19N3O2. The van der Waals surface area contributed by atoms with Crippen molar-refractivity contribution < 1.29 is 4.92 Å². The summed E-state index contributed by atoms with van der Waals surface area (Å²) in [6, 6.07) is 11.9. The molecule has 2 rings (SSSR count). The number of aromatic nitrogens is 1. The van der Waals surface area contributed by atoms with Crippen LogP contribution in [0.25, 0.3) is 0 Å². The van der Waals surface area contributed by atoms with Crippen molar-refractivity contribution in [3.8, 4) is 0 Å². The molecule has 0 aliphatic rings. The minimum absolute atomic E-state index is 0.0601. The number of nitrogens with zero attached hydrogens (tertiary/aromatic N) is 2. The maximum absolute atomic E-state index is 11.1. The number of hydrogen-bond acceptors (Lipinski definition) is 4. The second kappa shape index (κ2) is 6.83. The van der Waals surface area contributed by atoms with Gasteiger partial charge in [-0.1, -0.05) is 37.3 Å². The van der Waals surface area contributed by atoms with E-state index in [0.29, 0.717) is 23.8 Å². The zero-order chi connectivity index (χ0) is 15.2. The molecule has 1 heterocycles. The predicted molar refractivity (Wildman–Crippen MR) is 83.6 cm³/mol. The van der Waals surface area contributed by atoms with Crippen molar-refractivity contribution in [1.82, 2.24) is 4.98 Å². The maximum atomic E-state index is 11.1. The summed E-state index contributed by atoms with van der Waals surface area (Å²) in [5.74, 6) is 0.739. The van der Waals surface area contributed by atoms with Gasteiger partial charge in [0.05, 0.1) is 4.92 Å². The van der Waals surface area contributed by atoms with E-state index in [-0.39, 0.29) is 10.6 Å². The molecule has 5 nitrogen and oxygen atoms in total. The van der Waals surface area contributed by atoms with Crippen molar-refractivity contribution in [2.75, 3.05) is 11.9 Å². The van der Waals surface area contributed by atoms with Gasteiger partial charge in [0.25, 0.3) is 0 Å². The van der Waals surface area contributed by atoms with Gasteiger partial charge in [0.1, 0.15) is 0 Å². The maximum Gasteiger partial charge on any atom is 0.314 e. The molecule has 110 valence electrons. The van der Waals surface area contributed by atoms with Gasteiger partial charge in [0, 0.05) is 18.3 Å². The Morgan fingerprint density at radius 3 is 2.67 bits per heavy atom. The SMILES string of the molecule is Cc1ccnc(NCCC(C)c2ccccc2)c1[N+](=O)[O-]. The van der Waals surface area contributed by atoms with Crippen LogP contribution in [0.3, 0.4) is 0 Å². The molecule has 1 atom stereocenters. The molecule has 0 bridgehead atoms. The highest BCUT2D eigenvalue weighted by atomic mass is 16.6. The van der Waals surface area contributed by atoms with Crippen molar-refractivity contribution in [2.45, 2.75) is 26.2 Å². The molecule has 1 aromatic carbocycles. The number of anilines is 1. The second-order valence-corrected chi connectivity index (χ2v) is 5.11. The number of nitrogens with one attached hydrogen (secondary N) is 1. The molecule has 0 amide bonds. The Kier molecular flexibility index (Phi) is 4.87. The molecule has 0 aliphatic carbocycles. The second-order valence-electron chi connectivity index (χ2n) is 5.11. The quantitative estimate of drug-likeness (QED) is 0.645. The van der Waals surface area contributed by atoms with Crippen LogP contribution in [-0.4, -0.2) is 16.5 Å². The summed E-state index contributed by atoms with van der Waals surface area (Å²) < 4.78 is 0. The first-order valence-electron chi connectivity index (χ1n) is 6.98. The van der Waals surface area contributed by atoms with E-state index < -0.39 is 0 Å². The molecule has 0 fully saturated rings. The fourth-order valence-electron chi connectivity index (χ4n) is 2.27. The van der Waals surface area contributed by atoms with Gasteiger partial charge >= 0.3 is 5.69 Å². The summed E-state index contributed by atoms with van der Waals surface area (Å²) in [7, 11) is 0. The van der Waals surface area contributed by atoms with Crippen LogP contribution in [0, 0.1) is 17.0 Å². The fourth-order valence-corrected chi connectivity index (χ4v) is 2.27. The topological polar surface area (TPSA) is 68.1 Å². The minimum atomic E-state index is -0.384. The molecule has 1 unspecified atom stereocenters. The van der Waals surface area contributed by atoms with Gasteiger partial charge in [-0.05, 0) is 30.9 Å². The number of pyridine rings is 1. The van der Waals surface area contributed by atoms with Crippen LogP contribution < -0.4 is 5.32 Å². The van der Waals surface area contributed by atoms with E-state index >= 15 is 0 Å². The Hall–Kier alpha value is -2.43. The number of rotatable bonds is 6. The lowest BCUT2D eigenvalue weighted by molar-refractivity contribution is -0.384. The molecule has 5 heteroatoms. The van der Waals surface area contributed by atoms with Gasteiger partial charge in [-0.2, -0.15) is 0 Å². The van der Waals surface area contributed by atoms with Gasteiger partial charge in [-0.3, -0.25) is 10.1 Å². The first-order chi connectivity index (χ1) is 10.1. The molecule has 0 aliphatic heterocycles. The van der Waals surface area contributed by atoms with Crippen molar-refractivity contribution in [3.63, 3.8) is 0 Å². The van der Waals surface area contributed by atoms with Crippen LogP contribution in [0.2, 0.25) is 0 Å². The largest absolute Gasteiger partial charge is 0.364 e. The smallest absolute Gasteiger partial charge is 0.314 e. The average molecular weight is 285 g/mol. The fraction of sp³-hybridized carbons (Fsp3) is 0.312. The van der Waals surface area contributed by atoms with E-state index in [4.69, 9.17) is 0 Å². The summed E-state index contributed by atoms with van der Waals surface area (Å²) in [5.41, 5.74) is 1.95. The first kappa shape index (κ1) is 15.0. The van der Waals surface area contributed by atoms with E-state index in [9.17, 15) is 10.1 Å².